The number of nitrogens with one attached hydrogen (secondary N) is 2. The summed E-state index contributed by atoms with van der Waals surface area (Å²) in [5.74, 6) is 0. The standard InChI is InChI=1S/C11H11N3O2S/c1-2-16-11(15)14-10(17)13-9-5-3-8(7-12)4-6-9/h3-6H,2H2,1H3,(H2,13,14,15,17). The SMILES string of the molecule is CCOC(=O)NC(=S)Nc1ccc(C#N)cc1. The van der Waals surface area contributed by atoms with Crippen molar-refractivity contribution in [2.45, 2.75) is 6.92 Å². The fourth-order valence-corrected chi connectivity index (χ4v) is 1.25. The van der Waals surface area contributed by atoms with E-state index in [1.807, 2.05) is 6.07 Å². The lowest BCUT2D eigenvalue weighted by atomic mass is 10.2. The van der Waals surface area contributed by atoms with Crippen LogP contribution in [0, 0.1) is 11.3 Å². The van der Waals surface area contributed by atoms with E-state index in [4.69, 9.17) is 17.5 Å². The topological polar surface area (TPSA) is 74.2 Å². The average molecular weight is 249 g/mol. The number of nitrogens with zero attached hydrogens (tertiary/aromatic N) is 1. The van der Waals surface area contributed by atoms with Crippen molar-refractivity contribution in [3.05, 3.63) is 29.8 Å². The molecule has 0 fully saturated rings. The molecule has 0 unspecified atom stereocenters. The molecular formula is C11H11N3O2S. The number of anilines is 1. The average Bonchev–Trinajstić information content (AvgIpc) is 2.30. The van der Waals surface area contributed by atoms with Gasteiger partial charge in [-0.15, -0.1) is 0 Å². The third kappa shape index (κ3) is 4.49. The summed E-state index contributed by atoms with van der Waals surface area (Å²) in [5, 5.41) is 13.9. The Hall–Kier alpha value is -2.13. The van der Waals surface area contributed by atoms with Crippen molar-refractivity contribution in [2.24, 2.45) is 0 Å². The second kappa shape index (κ2) is 6.45. The van der Waals surface area contributed by atoms with E-state index in [1.165, 1.54) is 0 Å². The number of alkyl carbamates (subject to hydrolysis) is 1. The Morgan fingerprint density at radius 3 is 2.65 bits per heavy atom. The molecule has 1 aromatic rings. The van der Waals surface area contributed by atoms with Crippen LogP contribution in [0.4, 0.5) is 10.5 Å². The normalized spacial score (nSPS) is 8.94. The second-order valence-corrected chi connectivity index (χ2v) is 3.40. The number of nitriles is 1. The smallest absolute Gasteiger partial charge is 0.413 e. The molecule has 1 rings (SSSR count). The number of amides is 1. The van der Waals surface area contributed by atoms with Crippen LogP contribution in [-0.4, -0.2) is 17.8 Å². The minimum absolute atomic E-state index is 0.146. The largest absolute Gasteiger partial charge is 0.450 e. The maximum Gasteiger partial charge on any atom is 0.413 e. The molecule has 0 aromatic heterocycles. The van der Waals surface area contributed by atoms with Gasteiger partial charge in [0.15, 0.2) is 5.11 Å². The van der Waals surface area contributed by atoms with Crippen LogP contribution < -0.4 is 10.6 Å². The highest BCUT2D eigenvalue weighted by Crippen LogP contribution is 2.08. The fourth-order valence-electron chi connectivity index (χ4n) is 1.05. The van der Waals surface area contributed by atoms with Crippen molar-refractivity contribution in [1.29, 1.82) is 5.26 Å². The second-order valence-electron chi connectivity index (χ2n) is 2.99. The van der Waals surface area contributed by atoms with Gasteiger partial charge in [0.25, 0.3) is 0 Å². The number of hydrogen-bond donors (Lipinski definition) is 2. The Morgan fingerprint density at radius 2 is 2.12 bits per heavy atom. The van der Waals surface area contributed by atoms with E-state index in [0.29, 0.717) is 11.3 Å². The van der Waals surface area contributed by atoms with Crippen LogP contribution in [0.25, 0.3) is 0 Å². The van der Waals surface area contributed by atoms with Gasteiger partial charge in [0.2, 0.25) is 0 Å². The van der Waals surface area contributed by atoms with Gasteiger partial charge >= 0.3 is 6.09 Å². The van der Waals surface area contributed by atoms with E-state index < -0.39 is 6.09 Å². The van der Waals surface area contributed by atoms with Gasteiger partial charge in [0, 0.05) is 5.69 Å². The third-order valence-corrected chi connectivity index (χ3v) is 1.97. The monoisotopic (exact) mass is 249 g/mol. The number of thiocarbonyl (C=S) groups is 1. The van der Waals surface area contributed by atoms with Crippen LogP contribution >= 0.6 is 12.2 Å². The molecule has 1 amide bonds. The molecule has 0 saturated heterocycles. The molecule has 0 radical (unpaired) electrons. The predicted molar refractivity (Wildman–Crippen MR) is 67.5 cm³/mol. The molecule has 6 heteroatoms. The maximum atomic E-state index is 11.0. The zero-order valence-electron chi connectivity index (χ0n) is 9.19. The predicted octanol–water partition coefficient (Wildman–Crippen LogP) is 2.00. The van der Waals surface area contributed by atoms with E-state index in [1.54, 1.807) is 31.2 Å². The molecule has 0 heterocycles. The quantitative estimate of drug-likeness (QED) is 0.784. The van der Waals surface area contributed by atoms with Crippen LogP contribution in [0.5, 0.6) is 0 Å². The summed E-state index contributed by atoms with van der Waals surface area (Å²) < 4.78 is 4.67. The molecule has 1 aromatic carbocycles. The molecule has 0 atom stereocenters. The van der Waals surface area contributed by atoms with E-state index in [0.717, 1.165) is 0 Å². The molecule has 88 valence electrons. The number of hydrogen-bond acceptors (Lipinski definition) is 4. The van der Waals surface area contributed by atoms with Crippen molar-refractivity contribution in [3.8, 4) is 6.07 Å². The van der Waals surface area contributed by atoms with Gasteiger partial charge < -0.3 is 10.1 Å². The summed E-state index contributed by atoms with van der Waals surface area (Å²) in [6.45, 7) is 1.99. The van der Waals surface area contributed by atoms with Gasteiger partial charge in [-0.2, -0.15) is 5.26 Å². The van der Waals surface area contributed by atoms with Crippen molar-refractivity contribution in [3.63, 3.8) is 0 Å². The Bertz CT molecular complexity index is 451. The van der Waals surface area contributed by atoms with Crippen LogP contribution in [0.3, 0.4) is 0 Å². The maximum absolute atomic E-state index is 11.0. The summed E-state index contributed by atoms with van der Waals surface area (Å²) in [6.07, 6.45) is -0.598. The summed E-state index contributed by atoms with van der Waals surface area (Å²) >= 11 is 4.90. The van der Waals surface area contributed by atoms with E-state index in [2.05, 4.69) is 15.4 Å². The summed E-state index contributed by atoms with van der Waals surface area (Å²) in [7, 11) is 0. The first kappa shape index (κ1) is 12.9. The third-order valence-electron chi connectivity index (χ3n) is 1.76. The first-order chi connectivity index (χ1) is 8.15. The zero-order chi connectivity index (χ0) is 12.7. The van der Waals surface area contributed by atoms with Crippen LogP contribution in [0.1, 0.15) is 12.5 Å². The Balaban J connectivity index is 2.51. The minimum atomic E-state index is -0.598. The lowest BCUT2D eigenvalue weighted by Gasteiger charge is -2.08. The van der Waals surface area contributed by atoms with Crippen molar-refractivity contribution in [2.75, 3.05) is 11.9 Å². The molecule has 0 aliphatic rings. The van der Waals surface area contributed by atoms with Gasteiger partial charge in [-0.05, 0) is 43.4 Å². The van der Waals surface area contributed by atoms with E-state index in [-0.39, 0.29) is 11.7 Å². The molecule has 0 aliphatic carbocycles. The molecule has 17 heavy (non-hydrogen) atoms. The van der Waals surface area contributed by atoms with E-state index in [9.17, 15) is 4.79 Å². The Morgan fingerprint density at radius 1 is 1.47 bits per heavy atom. The number of benzene rings is 1. The highest BCUT2D eigenvalue weighted by Gasteiger charge is 2.04. The molecular weight excluding hydrogens is 238 g/mol. The van der Waals surface area contributed by atoms with Gasteiger partial charge in [-0.25, -0.2) is 4.79 Å². The highest BCUT2D eigenvalue weighted by molar-refractivity contribution is 7.80. The van der Waals surface area contributed by atoms with Gasteiger partial charge in [-0.1, -0.05) is 0 Å². The Kier molecular flexibility index (Phi) is 4.91. The Labute approximate surface area is 104 Å². The molecule has 0 saturated carbocycles. The minimum Gasteiger partial charge on any atom is -0.450 e. The zero-order valence-corrected chi connectivity index (χ0v) is 10.0. The molecule has 2 N–H and O–H groups in total. The molecule has 5 nitrogen and oxygen atoms in total. The lowest BCUT2D eigenvalue weighted by molar-refractivity contribution is 0.158. The van der Waals surface area contributed by atoms with Crippen LogP contribution in [0.15, 0.2) is 24.3 Å². The van der Waals surface area contributed by atoms with Gasteiger partial charge in [0.1, 0.15) is 0 Å². The molecule has 0 spiro atoms. The number of ether oxygens (including phenoxy) is 1. The highest BCUT2D eigenvalue weighted by atomic mass is 32.1. The van der Waals surface area contributed by atoms with Crippen molar-refractivity contribution < 1.29 is 9.53 Å². The molecule has 0 bridgehead atoms. The van der Waals surface area contributed by atoms with E-state index >= 15 is 0 Å². The summed E-state index contributed by atoms with van der Waals surface area (Å²) in [6, 6.07) is 8.69. The number of rotatable bonds is 2. The van der Waals surface area contributed by atoms with Crippen LogP contribution in [-0.2, 0) is 4.74 Å². The summed E-state index contributed by atoms with van der Waals surface area (Å²) in [4.78, 5) is 11.0. The first-order valence-electron chi connectivity index (χ1n) is 4.90. The molecule has 0 aliphatic heterocycles. The van der Waals surface area contributed by atoms with Gasteiger partial charge in [0.05, 0.1) is 18.2 Å². The number of carbonyl (C=O) groups is 1. The van der Waals surface area contributed by atoms with Crippen LogP contribution in [0.2, 0.25) is 0 Å². The first-order valence-corrected chi connectivity index (χ1v) is 5.31. The van der Waals surface area contributed by atoms with Gasteiger partial charge in [-0.3, -0.25) is 5.32 Å². The van der Waals surface area contributed by atoms with Crippen molar-refractivity contribution in [1.82, 2.24) is 5.32 Å². The summed E-state index contributed by atoms with van der Waals surface area (Å²) in [5.41, 5.74) is 1.24. The lowest BCUT2D eigenvalue weighted by Crippen LogP contribution is -2.34. The number of carbonyl (C=O) groups excluding carboxylic acids is 1. The fraction of sp³-hybridized carbons (Fsp3) is 0.182. The van der Waals surface area contributed by atoms with Crippen molar-refractivity contribution >= 4 is 29.1 Å².